The summed E-state index contributed by atoms with van der Waals surface area (Å²) < 4.78 is 0. The Morgan fingerprint density at radius 3 is 1.90 bits per heavy atom. The maximum atomic E-state index is 10.7. The Hall–Kier alpha value is -2.24. The van der Waals surface area contributed by atoms with Gasteiger partial charge in [0.05, 0.1) is 6.42 Å². The van der Waals surface area contributed by atoms with Crippen LogP contribution in [0.25, 0.3) is 0 Å². The molecule has 0 saturated carbocycles. The number of aliphatic carboxylic acids is 2. The van der Waals surface area contributed by atoms with Gasteiger partial charge in [-0.3, -0.25) is 9.59 Å². The molecule has 0 aliphatic rings. The highest BCUT2D eigenvalue weighted by Gasteiger charge is 2.10. The number of carbonyl (C=O) groups is 2. The van der Waals surface area contributed by atoms with Crippen LogP contribution in [0.1, 0.15) is 19.3 Å². The number of anilines is 2. The lowest BCUT2D eigenvalue weighted by atomic mass is 10.2. The smallest absolute Gasteiger partial charge is 0.305 e. The van der Waals surface area contributed by atoms with Gasteiger partial charge in [0, 0.05) is 45.0 Å². The molecule has 1 rings (SSSR count). The number of nitrogens with zero attached hydrogens (tertiary/aromatic N) is 2. The first-order chi connectivity index (χ1) is 9.90. The molecule has 0 aliphatic heterocycles. The topological polar surface area (TPSA) is 81.1 Å². The average Bonchev–Trinajstić information content (AvgIpc) is 2.42. The maximum absolute atomic E-state index is 10.7. The second-order valence-electron chi connectivity index (χ2n) is 5.04. The van der Waals surface area contributed by atoms with E-state index in [0.29, 0.717) is 19.5 Å². The highest BCUT2D eigenvalue weighted by Crippen LogP contribution is 2.20. The Morgan fingerprint density at radius 2 is 1.43 bits per heavy atom. The number of carboxylic acids is 2. The second-order valence-corrected chi connectivity index (χ2v) is 5.04. The minimum Gasteiger partial charge on any atom is -0.481 e. The molecule has 0 amide bonds. The molecule has 1 aromatic carbocycles. The third-order valence-electron chi connectivity index (χ3n) is 3.15. The van der Waals surface area contributed by atoms with Crippen LogP contribution in [0.3, 0.4) is 0 Å². The van der Waals surface area contributed by atoms with Crippen molar-refractivity contribution in [2.45, 2.75) is 19.3 Å². The first-order valence-corrected chi connectivity index (χ1v) is 6.86. The van der Waals surface area contributed by atoms with E-state index in [1.54, 1.807) is 0 Å². The molecule has 0 spiro atoms. The van der Waals surface area contributed by atoms with Crippen LogP contribution in [0.5, 0.6) is 0 Å². The molecule has 0 aliphatic carbocycles. The van der Waals surface area contributed by atoms with Crippen LogP contribution in [-0.2, 0) is 9.59 Å². The summed E-state index contributed by atoms with van der Waals surface area (Å²) in [6.07, 6.45) is 0.603. The quantitative estimate of drug-likeness (QED) is 0.724. The van der Waals surface area contributed by atoms with Crippen molar-refractivity contribution in [1.29, 1.82) is 0 Å². The molecule has 0 fully saturated rings. The van der Waals surface area contributed by atoms with Gasteiger partial charge >= 0.3 is 11.9 Å². The van der Waals surface area contributed by atoms with E-state index in [1.807, 2.05) is 48.2 Å². The molecule has 0 heterocycles. The largest absolute Gasteiger partial charge is 0.481 e. The Balaban J connectivity index is 2.73. The minimum absolute atomic E-state index is 0.0303. The molecule has 0 aromatic heterocycles. The maximum Gasteiger partial charge on any atom is 0.305 e. The predicted molar refractivity (Wildman–Crippen MR) is 82.1 cm³/mol. The molecule has 6 heteroatoms. The molecule has 6 nitrogen and oxygen atoms in total. The summed E-state index contributed by atoms with van der Waals surface area (Å²) >= 11 is 0. The van der Waals surface area contributed by atoms with Crippen molar-refractivity contribution in [3.05, 3.63) is 24.3 Å². The zero-order valence-corrected chi connectivity index (χ0v) is 12.5. The zero-order chi connectivity index (χ0) is 15.8. The normalized spacial score (nSPS) is 10.2. The van der Waals surface area contributed by atoms with Crippen LogP contribution >= 0.6 is 0 Å². The van der Waals surface area contributed by atoms with Gasteiger partial charge in [-0.1, -0.05) is 0 Å². The second kappa shape index (κ2) is 8.14. The molecular weight excluding hydrogens is 272 g/mol. The van der Waals surface area contributed by atoms with Crippen LogP contribution in [0, 0.1) is 0 Å². The summed E-state index contributed by atoms with van der Waals surface area (Å²) in [5.41, 5.74) is 1.97. The van der Waals surface area contributed by atoms with Gasteiger partial charge < -0.3 is 20.0 Å². The lowest BCUT2D eigenvalue weighted by molar-refractivity contribution is -0.138. The molecule has 2 N–H and O–H groups in total. The Bertz CT molecular complexity index is 471. The first-order valence-electron chi connectivity index (χ1n) is 6.86. The third kappa shape index (κ3) is 6.16. The van der Waals surface area contributed by atoms with E-state index in [2.05, 4.69) is 0 Å². The van der Waals surface area contributed by atoms with Gasteiger partial charge in [0.15, 0.2) is 0 Å². The fourth-order valence-corrected chi connectivity index (χ4v) is 1.98. The standard InChI is InChI=1S/C15H22N2O4/c1-16(2)12-5-7-13(8-6-12)17(11-9-15(20)21)10-3-4-14(18)19/h5-8H,3-4,9-11H2,1-2H3,(H,18,19)(H,20,21). The van der Waals surface area contributed by atoms with E-state index < -0.39 is 11.9 Å². The molecule has 0 atom stereocenters. The summed E-state index contributed by atoms with van der Waals surface area (Å²) in [7, 11) is 3.90. The minimum atomic E-state index is -0.858. The number of hydrogen-bond donors (Lipinski definition) is 2. The van der Waals surface area contributed by atoms with Gasteiger partial charge in [-0.2, -0.15) is 0 Å². The summed E-state index contributed by atoms with van der Waals surface area (Å²) in [6, 6.07) is 7.77. The van der Waals surface area contributed by atoms with Crippen molar-refractivity contribution < 1.29 is 19.8 Å². The Kier molecular flexibility index (Phi) is 6.52. The molecule has 0 radical (unpaired) electrons. The van der Waals surface area contributed by atoms with E-state index in [1.165, 1.54) is 0 Å². The van der Waals surface area contributed by atoms with Crippen molar-refractivity contribution in [1.82, 2.24) is 0 Å². The van der Waals surface area contributed by atoms with Crippen LogP contribution < -0.4 is 9.80 Å². The lowest BCUT2D eigenvalue weighted by Crippen LogP contribution is -2.27. The number of carboxylic acid groups (broad SMARTS) is 2. The fraction of sp³-hybridized carbons (Fsp3) is 0.467. The molecule has 0 bridgehead atoms. The van der Waals surface area contributed by atoms with Crippen molar-refractivity contribution in [3.8, 4) is 0 Å². The number of hydrogen-bond acceptors (Lipinski definition) is 4. The monoisotopic (exact) mass is 294 g/mol. The SMILES string of the molecule is CN(C)c1ccc(N(CCCC(=O)O)CCC(=O)O)cc1. The summed E-state index contributed by atoms with van der Waals surface area (Å²) in [5.74, 6) is -1.70. The van der Waals surface area contributed by atoms with Gasteiger partial charge in [-0.05, 0) is 30.7 Å². The van der Waals surface area contributed by atoms with E-state index in [0.717, 1.165) is 11.4 Å². The highest BCUT2D eigenvalue weighted by atomic mass is 16.4. The van der Waals surface area contributed by atoms with Crippen molar-refractivity contribution in [3.63, 3.8) is 0 Å². The number of benzene rings is 1. The highest BCUT2D eigenvalue weighted by molar-refractivity contribution is 5.68. The van der Waals surface area contributed by atoms with Gasteiger partial charge in [-0.15, -0.1) is 0 Å². The fourth-order valence-electron chi connectivity index (χ4n) is 1.98. The van der Waals surface area contributed by atoms with E-state index in [9.17, 15) is 9.59 Å². The predicted octanol–water partition coefficient (Wildman–Crippen LogP) is 1.90. The van der Waals surface area contributed by atoms with E-state index in [4.69, 9.17) is 10.2 Å². The molecular formula is C15H22N2O4. The summed E-state index contributed by atoms with van der Waals surface area (Å²) in [6.45, 7) is 0.900. The molecule has 1 aromatic rings. The number of rotatable bonds is 9. The van der Waals surface area contributed by atoms with Gasteiger partial charge in [0.25, 0.3) is 0 Å². The van der Waals surface area contributed by atoms with Gasteiger partial charge in [0.2, 0.25) is 0 Å². The molecule has 21 heavy (non-hydrogen) atoms. The van der Waals surface area contributed by atoms with E-state index in [-0.39, 0.29) is 12.8 Å². The molecule has 116 valence electrons. The average molecular weight is 294 g/mol. The van der Waals surface area contributed by atoms with Crippen molar-refractivity contribution in [2.75, 3.05) is 37.0 Å². The third-order valence-corrected chi connectivity index (χ3v) is 3.15. The van der Waals surface area contributed by atoms with Gasteiger partial charge in [-0.25, -0.2) is 0 Å². The summed E-state index contributed by atoms with van der Waals surface area (Å²) in [5, 5.41) is 17.5. The van der Waals surface area contributed by atoms with Crippen molar-refractivity contribution in [2.24, 2.45) is 0 Å². The van der Waals surface area contributed by atoms with Crippen LogP contribution in [0.2, 0.25) is 0 Å². The van der Waals surface area contributed by atoms with Gasteiger partial charge in [0.1, 0.15) is 0 Å². The Morgan fingerprint density at radius 1 is 0.905 bits per heavy atom. The van der Waals surface area contributed by atoms with Crippen LogP contribution in [0.15, 0.2) is 24.3 Å². The lowest BCUT2D eigenvalue weighted by Gasteiger charge is -2.25. The first kappa shape index (κ1) is 16.8. The van der Waals surface area contributed by atoms with Crippen LogP contribution in [-0.4, -0.2) is 49.3 Å². The van der Waals surface area contributed by atoms with E-state index >= 15 is 0 Å². The zero-order valence-electron chi connectivity index (χ0n) is 12.5. The molecule has 0 saturated heterocycles. The molecule has 0 unspecified atom stereocenters. The van der Waals surface area contributed by atoms with Crippen molar-refractivity contribution >= 4 is 23.3 Å². The Labute approximate surface area is 124 Å². The van der Waals surface area contributed by atoms with Crippen LogP contribution in [0.4, 0.5) is 11.4 Å². The summed E-state index contributed by atoms with van der Waals surface area (Å²) in [4.78, 5) is 25.2.